The number of hydrogen-bond donors (Lipinski definition) is 1. The van der Waals surface area contributed by atoms with Gasteiger partial charge in [0.15, 0.2) is 0 Å². The number of anilines is 1. The first kappa shape index (κ1) is 13.7. The maximum atomic E-state index is 12.5. The number of nitrogens with zero attached hydrogens (tertiary/aromatic N) is 1. The summed E-state index contributed by atoms with van der Waals surface area (Å²) < 4.78 is 0. The van der Waals surface area contributed by atoms with E-state index in [1.165, 1.54) is 11.1 Å². The summed E-state index contributed by atoms with van der Waals surface area (Å²) in [4.78, 5) is 14.4. The molecule has 21 heavy (non-hydrogen) atoms. The number of carbonyl (C=O) groups excluding carboxylic acids is 1. The molecule has 3 nitrogen and oxygen atoms in total. The predicted octanol–water partition coefficient (Wildman–Crippen LogP) is 3.30. The molecule has 1 aliphatic heterocycles. The standard InChI is InChI=1S/C18H20N2O/c1-13(14-6-8-17(19)9-7-14)10-18(21)20-11-15-4-2-3-5-16(15)12-20/h2-9,13H,10-12,19H2,1H3. The molecule has 1 atom stereocenters. The Labute approximate surface area is 125 Å². The van der Waals surface area contributed by atoms with E-state index in [0.29, 0.717) is 6.42 Å². The van der Waals surface area contributed by atoms with Crippen molar-refractivity contribution in [2.45, 2.75) is 32.4 Å². The average molecular weight is 280 g/mol. The van der Waals surface area contributed by atoms with Crippen LogP contribution in [0, 0.1) is 0 Å². The lowest BCUT2D eigenvalue weighted by molar-refractivity contribution is -0.132. The fourth-order valence-electron chi connectivity index (χ4n) is 2.84. The van der Waals surface area contributed by atoms with Crippen LogP contribution in [-0.2, 0) is 17.9 Å². The molecule has 1 heterocycles. The number of fused-ring (bicyclic) bond motifs is 1. The summed E-state index contributed by atoms with van der Waals surface area (Å²) in [6.45, 7) is 3.57. The minimum absolute atomic E-state index is 0.210. The molecule has 0 saturated carbocycles. The topological polar surface area (TPSA) is 46.3 Å². The molecule has 0 fully saturated rings. The first-order valence-corrected chi connectivity index (χ1v) is 7.33. The molecule has 0 aliphatic carbocycles. The molecule has 0 radical (unpaired) electrons. The second-order valence-electron chi connectivity index (χ2n) is 5.79. The molecule has 2 aromatic rings. The van der Waals surface area contributed by atoms with Crippen LogP contribution < -0.4 is 5.73 Å². The second-order valence-corrected chi connectivity index (χ2v) is 5.79. The van der Waals surface area contributed by atoms with Crippen LogP contribution in [0.4, 0.5) is 5.69 Å². The largest absolute Gasteiger partial charge is 0.399 e. The number of hydrogen-bond acceptors (Lipinski definition) is 2. The van der Waals surface area contributed by atoms with E-state index >= 15 is 0 Å². The first-order valence-electron chi connectivity index (χ1n) is 7.33. The fourth-order valence-corrected chi connectivity index (χ4v) is 2.84. The predicted molar refractivity (Wildman–Crippen MR) is 84.6 cm³/mol. The van der Waals surface area contributed by atoms with Gasteiger partial charge in [-0.2, -0.15) is 0 Å². The summed E-state index contributed by atoms with van der Waals surface area (Å²) >= 11 is 0. The number of amides is 1. The Kier molecular flexibility index (Phi) is 3.65. The van der Waals surface area contributed by atoms with Gasteiger partial charge in [-0.25, -0.2) is 0 Å². The zero-order valence-corrected chi connectivity index (χ0v) is 12.3. The lowest BCUT2D eigenvalue weighted by Gasteiger charge is -2.19. The van der Waals surface area contributed by atoms with Crippen LogP contribution in [0.3, 0.4) is 0 Å². The van der Waals surface area contributed by atoms with Crippen molar-refractivity contribution in [3.8, 4) is 0 Å². The summed E-state index contributed by atoms with van der Waals surface area (Å²) in [7, 11) is 0. The highest BCUT2D eigenvalue weighted by Crippen LogP contribution is 2.26. The third-order valence-electron chi connectivity index (χ3n) is 4.18. The average Bonchev–Trinajstić information content (AvgIpc) is 2.92. The van der Waals surface area contributed by atoms with E-state index in [1.807, 2.05) is 41.3 Å². The van der Waals surface area contributed by atoms with Crippen molar-refractivity contribution < 1.29 is 4.79 Å². The van der Waals surface area contributed by atoms with Crippen molar-refractivity contribution in [3.63, 3.8) is 0 Å². The van der Waals surface area contributed by atoms with Crippen molar-refractivity contribution in [2.24, 2.45) is 0 Å². The Balaban J connectivity index is 1.64. The van der Waals surface area contributed by atoms with Gasteiger partial charge >= 0.3 is 0 Å². The van der Waals surface area contributed by atoms with E-state index in [4.69, 9.17) is 5.73 Å². The second kappa shape index (κ2) is 5.60. The minimum Gasteiger partial charge on any atom is -0.399 e. The van der Waals surface area contributed by atoms with Crippen LogP contribution in [-0.4, -0.2) is 10.8 Å². The monoisotopic (exact) mass is 280 g/mol. The van der Waals surface area contributed by atoms with Crippen molar-refractivity contribution in [3.05, 3.63) is 65.2 Å². The molecule has 3 heteroatoms. The first-order chi connectivity index (χ1) is 10.1. The van der Waals surface area contributed by atoms with Crippen molar-refractivity contribution in [2.75, 3.05) is 5.73 Å². The highest BCUT2D eigenvalue weighted by Gasteiger charge is 2.24. The van der Waals surface area contributed by atoms with Crippen molar-refractivity contribution in [1.29, 1.82) is 0 Å². The van der Waals surface area contributed by atoms with Gasteiger partial charge in [-0.15, -0.1) is 0 Å². The van der Waals surface area contributed by atoms with E-state index in [2.05, 4.69) is 19.1 Å². The highest BCUT2D eigenvalue weighted by molar-refractivity contribution is 5.78. The minimum atomic E-state index is 0.210. The van der Waals surface area contributed by atoms with Gasteiger partial charge in [0.1, 0.15) is 0 Å². The zero-order valence-electron chi connectivity index (χ0n) is 12.3. The number of nitrogens with two attached hydrogens (primary N) is 1. The summed E-state index contributed by atoms with van der Waals surface area (Å²) in [6, 6.07) is 16.1. The molecule has 108 valence electrons. The Morgan fingerprint density at radius 2 is 1.67 bits per heavy atom. The zero-order chi connectivity index (χ0) is 14.8. The van der Waals surface area contributed by atoms with Crippen molar-refractivity contribution >= 4 is 11.6 Å². The summed E-state index contributed by atoms with van der Waals surface area (Å²) in [6.07, 6.45) is 0.540. The smallest absolute Gasteiger partial charge is 0.223 e. The number of nitrogen functional groups attached to an aromatic ring is 1. The van der Waals surface area contributed by atoms with Gasteiger partial charge in [0, 0.05) is 25.2 Å². The maximum absolute atomic E-state index is 12.5. The fraction of sp³-hybridized carbons (Fsp3) is 0.278. The van der Waals surface area contributed by atoms with Crippen LogP contribution in [0.25, 0.3) is 0 Å². The quantitative estimate of drug-likeness (QED) is 0.877. The van der Waals surface area contributed by atoms with Gasteiger partial charge in [0.05, 0.1) is 0 Å². The summed E-state index contributed by atoms with van der Waals surface area (Å²) in [5, 5.41) is 0. The Morgan fingerprint density at radius 3 is 2.24 bits per heavy atom. The molecule has 0 spiro atoms. The van der Waals surface area contributed by atoms with Gasteiger partial charge in [-0.1, -0.05) is 43.3 Å². The molecule has 3 rings (SSSR count). The number of rotatable bonds is 3. The Morgan fingerprint density at radius 1 is 1.10 bits per heavy atom. The molecule has 1 unspecified atom stereocenters. The van der Waals surface area contributed by atoms with Crippen LogP contribution in [0.2, 0.25) is 0 Å². The lowest BCUT2D eigenvalue weighted by atomic mass is 9.97. The van der Waals surface area contributed by atoms with Crippen LogP contribution in [0.15, 0.2) is 48.5 Å². The van der Waals surface area contributed by atoms with Gasteiger partial charge in [0.25, 0.3) is 0 Å². The molecular weight excluding hydrogens is 260 g/mol. The third-order valence-corrected chi connectivity index (χ3v) is 4.18. The van der Waals surface area contributed by atoms with E-state index in [0.717, 1.165) is 24.3 Å². The Hall–Kier alpha value is -2.29. The number of benzene rings is 2. The molecule has 1 aliphatic rings. The SMILES string of the molecule is CC(CC(=O)N1Cc2ccccc2C1)c1ccc(N)cc1. The molecule has 2 N–H and O–H groups in total. The molecular formula is C18H20N2O. The lowest BCUT2D eigenvalue weighted by Crippen LogP contribution is -2.26. The Bertz CT molecular complexity index is 624. The van der Waals surface area contributed by atoms with Crippen molar-refractivity contribution in [1.82, 2.24) is 4.90 Å². The molecule has 1 amide bonds. The van der Waals surface area contributed by atoms with Crippen LogP contribution in [0.1, 0.15) is 36.0 Å². The molecule has 0 aromatic heterocycles. The number of carbonyl (C=O) groups is 1. The molecule has 0 saturated heterocycles. The maximum Gasteiger partial charge on any atom is 0.223 e. The highest BCUT2D eigenvalue weighted by atomic mass is 16.2. The van der Waals surface area contributed by atoms with Gasteiger partial charge in [-0.3, -0.25) is 4.79 Å². The van der Waals surface area contributed by atoms with E-state index in [-0.39, 0.29) is 11.8 Å². The van der Waals surface area contributed by atoms with Gasteiger partial charge < -0.3 is 10.6 Å². The van der Waals surface area contributed by atoms with E-state index in [1.54, 1.807) is 0 Å². The normalized spacial score (nSPS) is 14.8. The molecule has 2 aromatic carbocycles. The summed E-state index contributed by atoms with van der Waals surface area (Å²) in [5.74, 6) is 0.428. The van der Waals surface area contributed by atoms with Gasteiger partial charge in [-0.05, 0) is 34.7 Å². The summed E-state index contributed by atoms with van der Waals surface area (Å²) in [5.41, 5.74) is 10.2. The third kappa shape index (κ3) is 2.92. The van der Waals surface area contributed by atoms with E-state index < -0.39 is 0 Å². The van der Waals surface area contributed by atoms with Crippen LogP contribution in [0.5, 0.6) is 0 Å². The van der Waals surface area contributed by atoms with Gasteiger partial charge in [0.2, 0.25) is 5.91 Å². The van der Waals surface area contributed by atoms with E-state index in [9.17, 15) is 4.79 Å². The molecule has 0 bridgehead atoms. The van der Waals surface area contributed by atoms with Crippen LogP contribution >= 0.6 is 0 Å².